The second-order valence-electron chi connectivity index (χ2n) is 4.81. The average molecular weight is 358 g/mol. The maximum absolute atomic E-state index is 12.4. The smallest absolute Gasteiger partial charge is 0.322 e. The Hall–Kier alpha value is -2.42. The lowest BCUT2D eigenvalue weighted by Gasteiger charge is -2.08. The van der Waals surface area contributed by atoms with E-state index >= 15 is 0 Å². The Bertz CT molecular complexity index is 830. The van der Waals surface area contributed by atoms with Gasteiger partial charge in [-0.15, -0.1) is 0 Å². The highest BCUT2D eigenvalue weighted by Gasteiger charge is 2.32. The molecule has 1 aromatic heterocycles. The molecular weight excluding hydrogens is 345 g/mol. The first-order chi connectivity index (χ1) is 11.1. The van der Waals surface area contributed by atoms with Crippen molar-refractivity contribution in [3.63, 3.8) is 0 Å². The highest BCUT2D eigenvalue weighted by Crippen LogP contribution is 2.27. The van der Waals surface area contributed by atoms with Gasteiger partial charge in [0.1, 0.15) is 5.69 Å². The summed E-state index contributed by atoms with van der Waals surface area (Å²) in [5.74, 6) is -0.696. The topological polar surface area (TPSA) is 76.1 Å². The number of hydrogen-bond acceptors (Lipinski definition) is 4. The van der Waals surface area contributed by atoms with Crippen molar-refractivity contribution in [1.82, 2.24) is 4.98 Å². The molecule has 128 valence electrons. The zero-order chi connectivity index (χ0) is 18.0. The van der Waals surface area contributed by atoms with Gasteiger partial charge in [0, 0.05) is 11.9 Å². The van der Waals surface area contributed by atoms with Gasteiger partial charge in [-0.2, -0.15) is 13.2 Å². The Labute approximate surface area is 136 Å². The Kier molecular flexibility index (Phi) is 4.93. The van der Waals surface area contributed by atoms with E-state index in [-0.39, 0.29) is 16.2 Å². The molecule has 2 rings (SSSR count). The van der Waals surface area contributed by atoms with E-state index < -0.39 is 27.6 Å². The zero-order valence-electron chi connectivity index (χ0n) is 12.5. The molecule has 1 aromatic carbocycles. The molecule has 0 spiro atoms. The Morgan fingerprint density at radius 3 is 2.21 bits per heavy atom. The number of carbonyl (C=O) groups is 1. The molecule has 0 aliphatic rings. The largest absolute Gasteiger partial charge is 0.433 e. The van der Waals surface area contributed by atoms with Crippen molar-refractivity contribution >= 4 is 21.4 Å². The molecule has 0 saturated heterocycles. The molecule has 0 unspecified atom stereocenters. The quantitative estimate of drug-likeness (QED) is 0.911. The number of amides is 1. The molecule has 0 saturated carbocycles. The number of halogens is 3. The van der Waals surface area contributed by atoms with Crippen LogP contribution in [0.25, 0.3) is 0 Å². The number of aromatic nitrogens is 1. The number of carbonyl (C=O) groups excluding carboxylic acids is 1. The molecule has 0 aliphatic heterocycles. The first kappa shape index (κ1) is 17.9. The molecule has 0 bridgehead atoms. The van der Waals surface area contributed by atoms with Crippen LogP contribution in [-0.4, -0.2) is 25.1 Å². The molecule has 5 nitrogen and oxygen atoms in total. The van der Waals surface area contributed by atoms with E-state index in [1.54, 1.807) is 0 Å². The van der Waals surface area contributed by atoms with Gasteiger partial charge in [0.25, 0.3) is 5.91 Å². The van der Waals surface area contributed by atoms with E-state index in [9.17, 15) is 26.4 Å². The third-order valence-electron chi connectivity index (χ3n) is 3.17. The summed E-state index contributed by atoms with van der Waals surface area (Å²) in [6.45, 7) is 1.52. The Morgan fingerprint density at radius 1 is 1.12 bits per heavy atom. The number of pyridine rings is 1. The van der Waals surface area contributed by atoms with Gasteiger partial charge in [-0.1, -0.05) is 6.92 Å². The molecule has 1 heterocycles. The fourth-order valence-corrected chi connectivity index (χ4v) is 2.70. The third kappa shape index (κ3) is 4.10. The first-order valence-electron chi connectivity index (χ1n) is 6.81. The van der Waals surface area contributed by atoms with Crippen molar-refractivity contribution in [2.24, 2.45) is 0 Å². The van der Waals surface area contributed by atoms with E-state index in [0.717, 1.165) is 12.3 Å². The van der Waals surface area contributed by atoms with Crippen LogP contribution in [0.4, 0.5) is 18.9 Å². The zero-order valence-corrected chi connectivity index (χ0v) is 13.3. The van der Waals surface area contributed by atoms with E-state index in [0.29, 0.717) is 11.8 Å². The van der Waals surface area contributed by atoms with Gasteiger partial charge in [-0.3, -0.25) is 9.78 Å². The minimum Gasteiger partial charge on any atom is -0.322 e. The van der Waals surface area contributed by atoms with Crippen LogP contribution in [0.1, 0.15) is 23.0 Å². The minimum absolute atomic E-state index is 0.0457. The lowest BCUT2D eigenvalue weighted by Crippen LogP contribution is -2.14. The maximum atomic E-state index is 12.4. The van der Waals surface area contributed by atoms with E-state index in [1.807, 2.05) is 0 Å². The van der Waals surface area contributed by atoms with E-state index in [1.165, 1.54) is 31.2 Å². The summed E-state index contributed by atoms with van der Waals surface area (Å²) in [7, 11) is -3.34. The lowest BCUT2D eigenvalue weighted by atomic mass is 10.2. The summed E-state index contributed by atoms with van der Waals surface area (Å²) >= 11 is 0. The van der Waals surface area contributed by atoms with E-state index in [4.69, 9.17) is 0 Å². The van der Waals surface area contributed by atoms with Crippen molar-refractivity contribution in [3.8, 4) is 0 Å². The van der Waals surface area contributed by atoms with Crippen molar-refractivity contribution in [2.45, 2.75) is 18.0 Å². The van der Waals surface area contributed by atoms with Gasteiger partial charge in [-0.05, 0) is 36.4 Å². The van der Waals surface area contributed by atoms with Crippen molar-refractivity contribution in [2.75, 3.05) is 11.1 Å². The van der Waals surface area contributed by atoms with Crippen LogP contribution in [0.15, 0.2) is 47.5 Å². The molecule has 2 aromatic rings. The maximum Gasteiger partial charge on any atom is 0.433 e. The monoisotopic (exact) mass is 358 g/mol. The van der Waals surface area contributed by atoms with Gasteiger partial charge in [-0.25, -0.2) is 8.42 Å². The van der Waals surface area contributed by atoms with Gasteiger partial charge in [0.15, 0.2) is 9.84 Å². The van der Waals surface area contributed by atoms with Crippen molar-refractivity contribution in [1.29, 1.82) is 0 Å². The second kappa shape index (κ2) is 6.60. The molecule has 1 N–H and O–H groups in total. The number of alkyl halides is 3. The second-order valence-corrected chi connectivity index (χ2v) is 7.09. The Balaban J connectivity index is 2.12. The number of hydrogen-bond donors (Lipinski definition) is 1. The third-order valence-corrected chi connectivity index (χ3v) is 4.92. The number of nitrogens with one attached hydrogen (secondary N) is 1. The molecule has 0 atom stereocenters. The highest BCUT2D eigenvalue weighted by molar-refractivity contribution is 7.91. The summed E-state index contributed by atoms with van der Waals surface area (Å²) in [6.07, 6.45) is -3.75. The molecule has 0 aliphatic carbocycles. The predicted octanol–water partition coefficient (Wildman–Crippen LogP) is 3.15. The van der Waals surface area contributed by atoms with Crippen LogP contribution in [0, 0.1) is 0 Å². The highest BCUT2D eigenvalue weighted by atomic mass is 32.2. The minimum atomic E-state index is -4.57. The number of anilines is 1. The van der Waals surface area contributed by atoms with Gasteiger partial charge in [0.05, 0.1) is 16.2 Å². The van der Waals surface area contributed by atoms with Gasteiger partial charge >= 0.3 is 6.18 Å². The molecular formula is C15H13F3N2O3S. The average Bonchev–Trinajstić information content (AvgIpc) is 2.54. The standard InChI is InChI=1S/C15H13F3N2O3S/c1-2-24(22,23)12-6-4-11(5-7-12)20-14(21)10-3-8-13(19-9-10)15(16,17)18/h3-9H,2H2,1H3,(H,20,21). The molecule has 9 heteroatoms. The molecule has 24 heavy (non-hydrogen) atoms. The van der Waals surface area contributed by atoms with Crippen LogP contribution in [0.3, 0.4) is 0 Å². The molecule has 1 amide bonds. The summed E-state index contributed by atoms with van der Waals surface area (Å²) in [5.41, 5.74) is -0.823. The van der Waals surface area contributed by atoms with Crippen LogP contribution in [0.5, 0.6) is 0 Å². The van der Waals surface area contributed by atoms with Crippen LogP contribution in [0.2, 0.25) is 0 Å². The molecule has 0 radical (unpaired) electrons. The normalized spacial score (nSPS) is 12.0. The number of benzene rings is 1. The number of nitrogens with zero attached hydrogens (tertiary/aromatic N) is 1. The van der Waals surface area contributed by atoms with Crippen LogP contribution >= 0.6 is 0 Å². The van der Waals surface area contributed by atoms with E-state index in [2.05, 4.69) is 10.3 Å². The van der Waals surface area contributed by atoms with Crippen LogP contribution < -0.4 is 5.32 Å². The van der Waals surface area contributed by atoms with Gasteiger partial charge in [0.2, 0.25) is 0 Å². The first-order valence-corrected chi connectivity index (χ1v) is 8.46. The summed E-state index contributed by atoms with van der Waals surface area (Å²) in [5, 5.41) is 2.46. The summed E-state index contributed by atoms with van der Waals surface area (Å²) in [4.78, 5) is 15.3. The van der Waals surface area contributed by atoms with Crippen molar-refractivity contribution < 1.29 is 26.4 Å². The fraction of sp³-hybridized carbons (Fsp3) is 0.200. The number of rotatable bonds is 4. The molecule has 0 fully saturated rings. The van der Waals surface area contributed by atoms with Gasteiger partial charge < -0.3 is 5.32 Å². The van der Waals surface area contributed by atoms with Crippen LogP contribution in [-0.2, 0) is 16.0 Å². The fourth-order valence-electron chi connectivity index (χ4n) is 1.81. The lowest BCUT2D eigenvalue weighted by molar-refractivity contribution is -0.141. The summed E-state index contributed by atoms with van der Waals surface area (Å²) < 4.78 is 60.6. The predicted molar refractivity (Wildman–Crippen MR) is 81.4 cm³/mol. The number of sulfone groups is 1. The van der Waals surface area contributed by atoms with Crippen molar-refractivity contribution in [3.05, 3.63) is 53.9 Å². The Morgan fingerprint density at radius 2 is 1.75 bits per heavy atom. The summed E-state index contributed by atoms with van der Waals surface area (Å²) in [6, 6.07) is 7.22. The SMILES string of the molecule is CCS(=O)(=O)c1ccc(NC(=O)c2ccc(C(F)(F)F)nc2)cc1.